The van der Waals surface area contributed by atoms with Gasteiger partial charge in [-0.2, -0.15) is 15.0 Å². The zero-order valence-corrected chi connectivity index (χ0v) is 10.8. The van der Waals surface area contributed by atoms with Crippen molar-refractivity contribution in [2.45, 2.75) is 31.7 Å². The van der Waals surface area contributed by atoms with Crippen LogP contribution in [0, 0.1) is 0 Å². The second-order valence-electron chi connectivity index (χ2n) is 4.31. The van der Waals surface area contributed by atoms with Gasteiger partial charge in [0.2, 0.25) is 11.2 Å². The Morgan fingerprint density at radius 2 is 2.11 bits per heavy atom. The molecule has 9 heteroatoms. The quantitative estimate of drug-likeness (QED) is 0.867. The Bertz CT molecular complexity index is 500. The summed E-state index contributed by atoms with van der Waals surface area (Å²) in [6.45, 7) is 0.734. The summed E-state index contributed by atoms with van der Waals surface area (Å²) in [4.78, 5) is 15.1. The van der Waals surface area contributed by atoms with E-state index < -0.39 is 18.6 Å². The Morgan fingerprint density at radius 1 is 1.42 bits per heavy atom. The van der Waals surface area contributed by atoms with E-state index in [1.807, 2.05) is 0 Å². The molecule has 0 unspecified atom stereocenters. The smallest absolute Gasteiger partial charge is 0.255 e. The summed E-state index contributed by atoms with van der Waals surface area (Å²) in [6.07, 6.45) is -0.559. The first-order valence-electron chi connectivity index (χ1n) is 5.54. The van der Waals surface area contributed by atoms with Gasteiger partial charge in [0, 0.05) is 24.6 Å². The molecule has 0 radical (unpaired) electrons. The summed E-state index contributed by atoms with van der Waals surface area (Å²) in [5.74, 6) is -2.63. The lowest BCUT2D eigenvalue weighted by Crippen LogP contribution is -2.44. The molecule has 0 amide bonds. The third-order valence-corrected chi connectivity index (χ3v) is 2.67. The Labute approximate surface area is 112 Å². The van der Waals surface area contributed by atoms with Crippen LogP contribution in [0.1, 0.15) is 19.8 Å². The number of anilines is 1. The highest BCUT2D eigenvalue weighted by atomic mass is 35.5. The van der Waals surface area contributed by atoms with E-state index in [4.69, 9.17) is 11.6 Å². The topological polar surface area (TPSA) is 63.1 Å². The molecule has 1 heterocycles. The van der Waals surface area contributed by atoms with Gasteiger partial charge in [-0.25, -0.2) is 18.2 Å². The minimum absolute atomic E-state index is 0.0521. The van der Waals surface area contributed by atoms with Crippen LogP contribution in [0.3, 0.4) is 0 Å². The van der Waals surface area contributed by atoms with Crippen molar-refractivity contribution in [3.8, 4) is 0 Å². The highest BCUT2D eigenvalue weighted by Gasteiger charge is 2.45. The van der Waals surface area contributed by atoms with Gasteiger partial charge in [0.1, 0.15) is 6.67 Å². The van der Waals surface area contributed by atoms with Crippen LogP contribution in [-0.4, -0.2) is 39.3 Å². The fraction of sp³-hybridized carbons (Fsp3) is 0.600. The molecule has 1 N–H and O–H groups in total. The Balaban J connectivity index is 2.09. The summed E-state index contributed by atoms with van der Waals surface area (Å²) in [7, 11) is 0. The molecule has 5 nitrogen and oxygen atoms in total. The van der Waals surface area contributed by atoms with E-state index >= 15 is 0 Å². The number of aromatic nitrogens is 3. The van der Waals surface area contributed by atoms with E-state index in [-0.39, 0.29) is 35.7 Å². The summed E-state index contributed by atoms with van der Waals surface area (Å²) in [5.41, 5.74) is 0.184. The molecule has 104 valence electrons. The fourth-order valence-electron chi connectivity index (χ4n) is 1.60. The molecule has 2 rings (SSSR count). The maximum absolute atomic E-state index is 12.7. The lowest BCUT2D eigenvalue weighted by molar-refractivity contribution is -0.0794. The molecule has 1 aliphatic carbocycles. The van der Waals surface area contributed by atoms with Gasteiger partial charge >= 0.3 is 0 Å². The number of nitrogens with one attached hydrogen (secondary N) is 1. The van der Waals surface area contributed by atoms with Crippen LogP contribution in [0.4, 0.5) is 25.1 Å². The van der Waals surface area contributed by atoms with Gasteiger partial charge < -0.3 is 5.32 Å². The van der Waals surface area contributed by atoms with Crippen molar-refractivity contribution in [3.63, 3.8) is 0 Å². The van der Waals surface area contributed by atoms with Crippen molar-refractivity contribution in [1.82, 2.24) is 15.0 Å². The van der Waals surface area contributed by atoms with Gasteiger partial charge in [0.15, 0.2) is 0 Å². The van der Waals surface area contributed by atoms with Crippen molar-refractivity contribution in [2.24, 2.45) is 4.99 Å². The maximum Gasteiger partial charge on any atom is 0.255 e. The second-order valence-corrected chi connectivity index (χ2v) is 4.65. The van der Waals surface area contributed by atoms with Gasteiger partial charge in [-0.05, 0) is 18.5 Å². The maximum atomic E-state index is 12.7. The van der Waals surface area contributed by atoms with Crippen molar-refractivity contribution in [2.75, 3.05) is 12.0 Å². The number of hydrogen-bond donors (Lipinski definition) is 1. The summed E-state index contributed by atoms with van der Waals surface area (Å²) in [6, 6.07) is -0.410. The van der Waals surface area contributed by atoms with E-state index in [0.29, 0.717) is 0 Å². The Kier molecular flexibility index (Phi) is 3.88. The molecule has 0 aliphatic heterocycles. The van der Waals surface area contributed by atoms with Crippen molar-refractivity contribution < 1.29 is 13.2 Å². The third kappa shape index (κ3) is 3.76. The summed E-state index contributed by atoms with van der Waals surface area (Å²) in [5, 5.41) is 2.59. The molecule has 1 aliphatic rings. The number of rotatable bonds is 4. The molecule has 1 fully saturated rings. The highest BCUT2D eigenvalue weighted by molar-refractivity contribution is 6.28. The van der Waals surface area contributed by atoms with E-state index in [1.54, 1.807) is 0 Å². The van der Waals surface area contributed by atoms with Gasteiger partial charge in [-0.3, -0.25) is 0 Å². The molecule has 0 saturated heterocycles. The van der Waals surface area contributed by atoms with Crippen LogP contribution < -0.4 is 5.32 Å². The Morgan fingerprint density at radius 3 is 2.68 bits per heavy atom. The van der Waals surface area contributed by atoms with Crippen LogP contribution in [-0.2, 0) is 0 Å². The fourth-order valence-corrected chi connectivity index (χ4v) is 1.76. The molecule has 0 aromatic carbocycles. The molecular weight excluding hydrogens is 283 g/mol. The molecule has 1 saturated carbocycles. The van der Waals surface area contributed by atoms with Crippen molar-refractivity contribution in [1.29, 1.82) is 0 Å². The average Bonchev–Trinajstić information content (AvgIpc) is 2.25. The number of halogens is 4. The monoisotopic (exact) mass is 293 g/mol. The minimum Gasteiger partial charge on any atom is -0.351 e. The molecule has 0 bridgehead atoms. The predicted octanol–water partition coefficient (Wildman–Crippen LogP) is 2.80. The number of hydrogen-bond acceptors (Lipinski definition) is 5. The van der Waals surface area contributed by atoms with Crippen molar-refractivity contribution >= 4 is 29.2 Å². The summed E-state index contributed by atoms with van der Waals surface area (Å²) < 4.78 is 37.7. The first kappa shape index (κ1) is 14.0. The minimum atomic E-state index is -2.64. The summed E-state index contributed by atoms with van der Waals surface area (Å²) >= 11 is 5.66. The first-order valence-corrected chi connectivity index (χ1v) is 5.92. The van der Waals surface area contributed by atoms with Gasteiger partial charge in [0.05, 0.1) is 0 Å². The largest absolute Gasteiger partial charge is 0.351 e. The van der Waals surface area contributed by atoms with Crippen molar-refractivity contribution in [3.05, 3.63) is 5.28 Å². The van der Waals surface area contributed by atoms with Gasteiger partial charge in [-0.1, -0.05) is 0 Å². The molecular formula is C10H11ClF3N5. The van der Waals surface area contributed by atoms with E-state index in [2.05, 4.69) is 25.3 Å². The first-order chi connectivity index (χ1) is 8.88. The Hall–Kier alpha value is -1.44. The molecule has 1 aromatic heterocycles. The van der Waals surface area contributed by atoms with E-state index in [0.717, 1.165) is 0 Å². The van der Waals surface area contributed by atoms with Crippen LogP contribution in [0.5, 0.6) is 0 Å². The van der Waals surface area contributed by atoms with Crippen LogP contribution >= 0.6 is 11.6 Å². The lowest BCUT2D eigenvalue weighted by atomic mass is 9.88. The zero-order valence-electron chi connectivity index (χ0n) is 10.00. The molecule has 1 aromatic rings. The molecule has 19 heavy (non-hydrogen) atoms. The van der Waals surface area contributed by atoms with Gasteiger partial charge in [0.25, 0.3) is 11.9 Å². The standard InChI is InChI=1S/C10H11ClF3N5/c1-5(4-12)15-8-17-7(11)18-9(19-8)16-6-2-10(13,14)3-6/h6H,2-4H2,1H3,(H,16,17,18,19)/b15-5-. The third-order valence-electron chi connectivity index (χ3n) is 2.50. The highest BCUT2D eigenvalue weighted by Crippen LogP contribution is 2.38. The van der Waals surface area contributed by atoms with E-state index in [9.17, 15) is 13.2 Å². The predicted molar refractivity (Wildman–Crippen MR) is 65.2 cm³/mol. The molecule has 0 atom stereocenters. The molecule has 0 spiro atoms. The number of aliphatic imine (C=N–C) groups is 1. The van der Waals surface area contributed by atoms with Crippen LogP contribution in [0.15, 0.2) is 4.99 Å². The normalized spacial score (nSPS) is 19.1. The average molecular weight is 294 g/mol. The van der Waals surface area contributed by atoms with E-state index in [1.165, 1.54) is 6.92 Å². The van der Waals surface area contributed by atoms with Gasteiger partial charge in [-0.15, -0.1) is 0 Å². The SMILES string of the molecule is C/C(CF)=N/c1nc(Cl)nc(NC2CC(F)(F)C2)n1. The van der Waals surface area contributed by atoms with Crippen LogP contribution in [0.2, 0.25) is 5.28 Å². The zero-order chi connectivity index (χ0) is 14.0. The second kappa shape index (κ2) is 5.28. The number of nitrogens with zero attached hydrogens (tertiary/aromatic N) is 4. The number of alkyl halides is 3. The lowest BCUT2D eigenvalue weighted by Gasteiger charge is -2.35. The van der Waals surface area contributed by atoms with Crippen LogP contribution in [0.25, 0.3) is 0 Å².